The summed E-state index contributed by atoms with van der Waals surface area (Å²) in [5, 5.41) is 6.55. The Morgan fingerprint density at radius 3 is 2.65 bits per heavy atom. The number of aromatic nitrogens is 3. The number of rotatable bonds is 5. The third-order valence-corrected chi connectivity index (χ3v) is 4.21. The summed E-state index contributed by atoms with van der Waals surface area (Å²) in [7, 11) is 0. The molecule has 0 saturated carbocycles. The number of aryl methyl sites for hydroxylation is 1. The number of amides is 1. The molecule has 0 aliphatic heterocycles. The van der Waals surface area contributed by atoms with Crippen LogP contribution >= 0.6 is 0 Å². The number of fused-ring (bicyclic) bond motifs is 1. The van der Waals surface area contributed by atoms with Gasteiger partial charge in [-0.15, -0.1) is 0 Å². The van der Waals surface area contributed by atoms with Crippen molar-refractivity contribution in [3.8, 4) is 0 Å². The van der Waals surface area contributed by atoms with E-state index in [1.54, 1.807) is 13.0 Å². The second-order valence-corrected chi connectivity index (χ2v) is 6.19. The molecule has 0 radical (unpaired) electrons. The van der Waals surface area contributed by atoms with Crippen LogP contribution in [0.15, 0.2) is 65.4 Å². The summed E-state index contributed by atoms with van der Waals surface area (Å²) in [4.78, 5) is 16.4. The summed E-state index contributed by atoms with van der Waals surface area (Å²) in [6.07, 6.45) is 1.86. The van der Waals surface area contributed by atoms with Crippen LogP contribution in [0, 0.1) is 6.92 Å². The fourth-order valence-electron chi connectivity index (χ4n) is 2.84. The molecule has 130 valence electrons. The minimum atomic E-state index is -0.264. The first-order chi connectivity index (χ1) is 12.7. The molecule has 0 saturated heterocycles. The maximum atomic E-state index is 12.0. The Bertz CT molecular complexity index is 1050. The summed E-state index contributed by atoms with van der Waals surface area (Å²) in [6.45, 7) is 2.97. The molecule has 4 aromatic rings. The van der Waals surface area contributed by atoms with Gasteiger partial charge >= 0.3 is 0 Å². The maximum Gasteiger partial charge on any atom is 0.290 e. The molecular weight excluding hydrogens is 328 g/mol. The van der Waals surface area contributed by atoms with Crippen molar-refractivity contribution in [2.75, 3.05) is 0 Å². The number of nitrogens with one attached hydrogen (secondary N) is 1. The smallest absolute Gasteiger partial charge is 0.290 e. The molecule has 1 amide bonds. The molecule has 0 spiro atoms. The minimum Gasteiger partial charge on any atom is -0.351 e. The van der Waals surface area contributed by atoms with E-state index >= 15 is 0 Å². The summed E-state index contributed by atoms with van der Waals surface area (Å²) >= 11 is 0. The number of hydrogen-bond acceptors (Lipinski definition) is 4. The Balaban J connectivity index is 1.40. The molecule has 1 N–H and O–H groups in total. The van der Waals surface area contributed by atoms with Crippen LogP contribution < -0.4 is 5.32 Å². The summed E-state index contributed by atoms with van der Waals surface area (Å²) in [6, 6.07) is 17.9. The van der Waals surface area contributed by atoms with Gasteiger partial charge in [0.05, 0.1) is 23.1 Å². The second-order valence-electron chi connectivity index (χ2n) is 6.19. The van der Waals surface area contributed by atoms with E-state index in [1.807, 2.05) is 36.7 Å². The Morgan fingerprint density at radius 1 is 1.12 bits per heavy atom. The van der Waals surface area contributed by atoms with Crippen LogP contribution in [0.25, 0.3) is 11.0 Å². The molecular formula is C20H18N4O2. The Kier molecular flexibility index (Phi) is 4.23. The zero-order valence-electron chi connectivity index (χ0n) is 14.3. The van der Waals surface area contributed by atoms with Crippen LogP contribution in [0.4, 0.5) is 0 Å². The second kappa shape index (κ2) is 6.84. The number of hydrogen-bond donors (Lipinski definition) is 1. The van der Waals surface area contributed by atoms with Gasteiger partial charge in [0, 0.05) is 19.2 Å². The largest absolute Gasteiger partial charge is 0.351 e. The van der Waals surface area contributed by atoms with Crippen LogP contribution in [0.2, 0.25) is 0 Å². The van der Waals surface area contributed by atoms with Crippen LogP contribution in [0.1, 0.15) is 27.4 Å². The lowest BCUT2D eigenvalue weighted by Crippen LogP contribution is -2.22. The van der Waals surface area contributed by atoms with E-state index in [0.717, 1.165) is 23.1 Å². The quantitative estimate of drug-likeness (QED) is 0.602. The van der Waals surface area contributed by atoms with E-state index in [-0.39, 0.29) is 11.7 Å². The topological polar surface area (TPSA) is 73.0 Å². The molecule has 2 heterocycles. The molecule has 2 aromatic heterocycles. The molecule has 4 rings (SSSR count). The zero-order chi connectivity index (χ0) is 17.9. The normalized spacial score (nSPS) is 11.0. The highest BCUT2D eigenvalue weighted by Gasteiger charge is 2.10. The van der Waals surface area contributed by atoms with Crippen molar-refractivity contribution < 1.29 is 9.32 Å². The van der Waals surface area contributed by atoms with E-state index in [4.69, 9.17) is 4.52 Å². The first-order valence-corrected chi connectivity index (χ1v) is 8.38. The predicted octanol–water partition coefficient (Wildman–Crippen LogP) is 3.31. The molecule has 0 aliphatic rings. The van der Waals surface area contributed by atoms with Crippen LogP contribution in [0.5, 0.6) is 0 Å². The van der Waals surface area contributed by atoms with Crippen molar-refractivity contribution in [2.45, 2.75) is 20.0 Å². The van der Waals surface area contributed by atoms with Gasteiger partial charge in [-0.2, -0.15) is 0 Å². The molecule has 0 bridgehead atoms. The average Bonchev–Trinajstić information content (AvgIpc) is 3.28. The number of benzene rings is 2. The number of nitrogens with zero attached hydrogens (tertiary/aromatic N) is 3. The maximum absolute atomic E-state index is 12.0. The SMILES string of the molecule is Cc1cc(C(=O)NCc2ccc(Cn3cnc4ccccc43)cc2)on1. The predicted molar refractivity (Wildman–Crippen MR) is 97.7 cm³/mol. The molecule has 0 atom stereocenters. The van der Waals surface area contributed by atoms with E-state index in [9.17, 15) is 4.79 Å². The first-order valence-electron chi connectivity index (χ1n) is 8.38. The number of carbonyl (C=O) groups excluding carboxylic acids is 1. The Hall–Kier alpha value is -3.41. The van der Waals surface area contributed by atoms with Crippen molar-refractivity contribution >= 4 is 16.9 Å². The van der Waals surface area contributed by atoms with E-state index < -0.39 is 0 Å². The van der Waals surface area contributed by atoms with Gasteiger partial charge in [-0.05, 0) is 30.2 Å². The lowest BCUT2D eigenvalue weighted by molar-refractivity contribution is 0.0914. The van der Waals surface area contributed by atoms with Gasteiger partial charge < -0.3 is 14.4 Å². The molecule has 0 unspecified atom stereocenters. The van der Waals surface area contributed by atoms with E-state index in [0.29, 0.717) is 12.2 Å². The van der Waals surface area contributed by atoms with Gasteiger partial charge in [0.2, 0.25) is 5.76 Å². The van der Waals surface area contributed by atoms with Gasteiger partial charge in [-0.25, -0.2) is 4.98 Å². The van der Waals surface area contributed by atoms with E-state index in [2.05, 4.69) is 38.2 Å². The Morgan fingerprint density at radius 2 is 1.88 bits per heavy atom. The summed E-state index contributed by atoms with van der Waals surface area (Å²) in [5.41, 5.74) is 5.00. The highest BCUT2D eigenvalue weighted by atomic mass is 16.5. The third kappa shape index (κ3) is 3.35. The van der Waals surface area contributed by atoms with Crippen LogP contribution in [0.3, 0.4) is 0 Å². The van der Waals surface area contributed by atoms with Crippen molar-refractivity contribution in [2.24, 2.45) is 0 Å². The zero-order valence-corrected chi connectivity index (χ0v) is 14.3. The van der Waals surface area contributed by atoms with E-state index in [1.165, 1.54) is 5.56 Å². The van der Waals surface area contributed by atoms with Crippen LogP contribution in [-0.4, -0.2) is 20.6 Å². The summed E-state index contributed by atoms with van der Waals surface area (Å²) < 4.78 is 7.08. The third-order valence-electron chi connectivity index (χ3n) is 4.21. The Labute approximate surface area is 150 Å². The fraction of sp³-hybridized carbons (Fsp3) is 0.150. The van der Waals surface area contributed by atoms with Crippen LogP contribution in [-0.2, 0) is 13.1 Å². The molecule has 6 heteroatoms. The highest BCUT2D eigenvalue weighted by Crippen LogP contribution is 2.14. The molecule has 26 heavy (non-hydrogen) atoms. The fourth-order valence-corrected chi connectivity index (χ4v) is 2.84. The molecule has 6 nitrogen and oxygen atoms in total. The minimum absolute atomic E-state index is 0.228. The molecule has 2 aromatic carbocycles. The number of imidazole rings is 1. The van der Waals surface area contributed by atoms with Gasteiger partial charge in [0.15, 0.2) is 0 Å². The monoisotopic (exact) mass is 346 g/mol. The van der Waals surface area contributed by atoms with Gasteiger partial charge in [0.1, 0.15) is 0 Å². The van der Waals surface area contributed by atoms with Gasteiger partial charge in [-0.3, -0.25) is 4.79 Å². The lowest BCUT2D eigenvalue weighted by atomic mass is 10.1. The van der Waals surface area contributed by atoms with Crippen molar-refractivity contribution in [1.29, 1.82) is 0 Å². The number of carbonyl (C=O) groups is 1. The van der Waals surface area contributed by atoms with Crippen molar-refractivity contribution in [3.63, 3.8) is 0 Å². The lowest BCUT2D eigenvalue weighted by Gasteiger charge is -2.07. The van der Waals surface area contributed by atoms with Gasteiger partial charge in [0.25, 0.3) is 5.91 Å². The highest BCUT2D eigenvalue weighted by molar-refractivity contribution is 5.91. The van der Waals surface area contributed by atoms with Gasteiger partial charge in [-0.1, -0.05) is 41.6 Å². The first kappa shape index (κ1) is 16.1. The van der Waals surface area contributed by atoms with Crippen molar-refractivity contribution in [1.82, 2.24) is 20.0 Å². The molecule has 0 aliphatic carbocycles. The number of para-hydroxylation sites is 2. The average molecular weight is 346 g/mol. The summed E-state index contributed by atoms with van der Waals surface area (Å²) in [5.74, 6) is -0.0364. The standard InChI is InChI=1S/C20H18N4O2/c1-14-10-19(26-23-14)20(25)21-11-15-6-8-16(9-7-15)12-24-13-22-17-4-2-3-5-18(17)24/h2-10,13H,11-12H2,1H3,(H,21,25). The molecule has 0 fully saturated rings. The van der Waals surface area contributed by atoms with Crippen molar-refractivity contribution in [3.05, 3.63) is 83.5 Å².